The summed E-state index contributed by atoms with van der Waals surface area (Å²) in [5, 5.41) is 14.2. The predicted octanol–water partition coefficient (Wildman–Crippen LogP) is 1.91. The highest BCUT2D eigenvalue weighted by Crippen LogP contribution is 2.24. The number of aliphatic hydroxyl groups is 1. The summed E-state index contributed by atoms with van der Waals surface area (Å²) >= 11 is 6.25. The van der Waals surface area contributed by atoms with Gasteiger partial charge in [0, 0.05) is 13.1 Å². The predicted molar refractivity (Wildman–Crippen MR) is 86.5 cm³/mol. The van der Waals surface area contributed by atoms with Gasteiger partial charge in [-0.05, 0) is 18.4 Å². The van der Waals surface area contributed by atoms with Crippen molar-refractivity contribution in [3.63, 3.8) is 0 Å². The molecule has 1 saturated heterocycles. The van der Waals surface area contributed by atoms with Gasteiger partial charge in [0.1, 0.15) is 5.02 Å². The van der Waals surface area contributed by atoms with Gasteiger partial charge >= 0.3 is 0 Å². The molecule has 1 N–H and O–H groups in total. The van der Waals surface area contributed by atoms with Crippen molar-refractivity contribution in [2.24, 2.45) is 0 Å². The van der Waals surface area contributed by atoms with E-state index in [0.29, 0.717) is 18.8 Å². The second-order valence-corrected chi connectivity index (χ2v) is 5.91. The Balaban J connectivity index is 1.87. The van der Waals surface area contributed by atoms with Gasteiger partial charge in [0.2, 0.25) is 0 Å². The number of hydrogen-bond donors (Lipinski definition) is 1. The van der Waals surface area contributed by atoms with Crippen molar-refractivity contribution in [2.75, 3.05) is 18.0 Å². The Kier molecular flexibility index (Phi) is 4.45. The van der Waals surface area contributed by atoms with E-state index in [2.05, 4.69) is 5.10 Å². The Hall–Kier alpha value is -1.85. The van der Waals surface area contributed by atoms with Crippen LogP contribution in [0.4, 0.5) is 5.69 Å². The number of anilines is 1. The number of aromatic nitrogens is 2. The molecule has 0 spiro atoms. The molecule has 0 unspecified atom stereocenters. The Morgan fingerprint density at radius 3 is 2.82 bits per heavy atom. The third kappa shape index (κ3) is 3.15. The molecule has 5 nitrogen and oxygen atoms in total. The zero-order valence-corrected chi connectivity index (χ0v) is 12.9. The molecule has 0 amide bonds. The van der Waals surface area contributed by atoms with E-state index in [4.69, 9.17) is 11.6 Å². The third-order valence-corrected chi connectivity index (χ3v) is 4.23. The maximum absolute atomic E-state index is 12.4. The Labute approximate surface area is 133 Å². The molecule has 1 fully saturated rings. The molecule has 6 heteroatoms. The van der Waals surface area contributed by atoms with E-state index in [9.17, 15) is 9.90 Å². The maximum atomic E-state index is 12.4. The van der Waals surface area contributed by atoms with E-state index in [1.54, 1.807) is 6.20 Å². The van der Waals surface area contributed by atoms with Gasteiger partial charge in [0.15, 0.2) is 0 Å². The van der Waals surface area contributed by atoms with Crippen molar-refractivity contribution in [3.8, 4) is 0 Å². The molecule has 0 saturated carbocycles. The van der Waals surface area contributed by atoms with E-state index < -0.39 is 0 Å². The minimum absolute atomic E-state index is 0.167. The van der Waals surface area contributed by atoms with Crippen molar-refractivity contribution in [1.29, 1.82) is 0 Å². The lowest BCUT2D eigenvalue weighted by atomic mass is 10.1. The maximum Gasteiger partial charge on any atom is 0.287 e. The van der Waals surface area contributed by atoms with E-state index in [1.807, 2.05) is 35.2 Å². The normalized spacial score (nSPS) is 18.5. The third-order valence-electron chi connectivity index (χ3n) is 3.88. The first-order valence-corrected chi connectivity index (χ1v) is 7.75. The summed E-state index contributed by atoms with van der Waals surface area (Å²) < 4.78 is 1.36. The standard InChI is InChI=1S/C16H18ClN3O2/c17-15-14(19-8-4-7-13(21)11-19)9-18-20(16(15)22)10-12-5-2-1-3-6-12/h1-3,5-6,9,13,21H,4,7-8,10-11H2/t13-/m1/s1. The minimum Gasteiger partial charge on any atom is -0.391 e. The Morgan fingerprint density at radius 2 is 2.09 bits per heavy atom. The number of aliphatic hydroxyl groups excluding tert-OH is 1. The van der Waals surface area contributed by atoms with Crippen LogP contribution in [0.1, 0.15) is 18.4 Å². The van der Waals surface area contributed by atoms with Crippen molar-refractivity contribution in [1.82, 2.24) is 9.78 Å². The molecule has 1 aromatic carbocycles. The number of nitrogens with zero attached hydrogens (tertiary/aromatic N) is 3. The lowest BCUT2D eigenvalue weighted by Gasteiger charge is -2.32. The fourth-order valence-corrected chi connectivity index (χ4v) is 2.99. The van der Waals surface area contributed by atoms with Crippen molar-refractivity contribution in [3.05, 3.63) is 57.5 Å². The molecule has 0 radical (unpaired) electrons. The molecule has 0 aliphatic carbocycles. The average Bonchev–Trinajstić information content (AvgIpc) is 2.53. The monoisotopic (exact) mass is 319 g/mol. The van der Waals surface area contributed by atoms with Crippen LogP contribution in [-0.4, -0.2) is 34.1 Å². The lowest BCUT2D eigenvalue weighted by Crippen LogP contribution is -2.39. The van der Waals surface area contributed by atoms with Crippen molar-refractivity contribution in [2.45, 2.75) is 25.5 Å². The van der Waals surface area contributed by atoms with Gasteiger partial charge in [-0.1, -0.05) is 41.9 Å². The molecular weight excluding hydrogens is 302 g/mol. The van der Waals surface area contributed by atoms with Gasteiger partial charge < -0.3 is 10.0 Å². The van der Waals surface area contributed by atoms with Crippen molar-refractivity contribution < 1.29 is 5.11 Å². The topological polar surface area (TPSA) is 58.4 Å². The highest BCUT2D eigenvalue weighted by Gasteiger charge is 2.22. The molecule has 1 aliphatic rings. The largest absolute Gasteiger partial charge is 0.391 e. The summed E-state index contributed by atoms with van der Waals surface area (Å²) in [5.41, 5.74) is 1.30. The smallest absolute Gasteiger partial charge is 0.287 e. The highest BCUT2D eigenvalue weighted by atomic mass is 35.5. The van der Waals surface area contributed by atoms with Gasteiger partial charge in [0.05, 0.1) is 24.5 Å². The summed E-state index contributed by atoms with van der Waals surface area (Å²) in [6.07, 6.45) is 2.90. The van der Waals surface area contributed by atoms with Crippen LogP contribution < -0.4 is 10.5 Å². The summed E-state index contributed by atoms with van der Waals surface area (Å²) in [6.45, 7) is 1.66. The molecule has 116 valence electrons. The summed E-state index contributed by atoms with van der Waals surface area (Å²) in [6, 6.07) is 9.65. The van der Waals surface area contributed by atoms with Crippen LogP contribution in [0.3, 0.4) is 0 Å². The molecule has 2 aromatic rings. The number of hydrogen-bond acceptors (Lipinski definition) is 4. The molecule has 3 rings (SSSR count). The van der Waals surface area contributed by atoms with E-state index >= 15 is 0 Å². The number of β-amino-alcohol motifs (C(OH)–C–C–N with tert-alkyl or cyclic N) is 1. The lowest BCUT2D eigenvalue weighted by molar-refractivity contribution is 0.154. The zero-order valence-electron chi connectivity index (χ0n) is 12.2. The van der Waals surface area contributed by atoms with Crippen LogP contribution in [0.15, 0.2) is 41.3 Å². The van der Waals surface area contributed by atoms with Crippen LogP contribution in [0, 0.1) is 0 Å². The van der Waals surface area contributed by atoms with E-state index in [-0.39, 0.29) is 16.7 Å². The number of halogens is 1. The SMILES string of the molecule is O=c1c(Cl)c(N2CCC[C@@H](O)C2)cnn1Cc1ccccc1. The second kappa shape index (κ2) is 6.50. The van der Waals surface area contributed by atoms with Crippen LogP contribution >= 0.6 is 11.6 Å². The first-order valence-electron chi connectivity index (χ1n) is 7.37. The fourth-order valence-electron chi connectivity index (χ4n) is 2.72. The summed E-state index contributed by atoms with van der Waals surface area (Å²) in [4.78, 5) is 14.3. The van der Waals surface area contributed by atoms with Gasteiger partial charge in [-0.25, -0.2) is 4.68 Å². The van der Waals surface area contributed by atoms with E-state index in [1.165, 1.54) is 4.68 Å². The molecule has 1 aromatic heterocycles. The molecule has 1 atom stereocenters. The van der Waals surface area contributed by atoms with E-state index in [0.717, 1.165) is 24.9 Å². The van der Waals surface area contributed by atoms with Crippen LogP contribution in [0.5, 0.6) is 0 Å². The van der Waals surface area contributed by atoms with Gasteiger partial charge in [-0.2, -0.15) is 5.10 Å². The molecular formula is C16H18ClN3O2. The summed E-state index contributed by atoms with van der Waals surface area (Å²) in [5.74, 6) is 0. The fraction of sp³-hybridized carbons (Fsp3) is 0.375. The number of piperidine rings is 1. The van der Waals surface area contributed by atoms with Crippen LogP contribution in [0.25, 0.3) is 0 Å². The molecule has 2 heterocycles. The first-order chi connectivity index (χ1) is 10.6. The summed E-state index contributed by atoms with van der Waals surface area (Å²) in [7, 11) is 0. The van der Waals surface area contributed by atoms with Gasteiger partial charge in [-0.3, -0.25) is 4.79 Å². The number of rotatable bonds is 3. The molecule has 1 aliphatic heterocycles. The van der Waals surface area contributed by atoms with Crippen LogP contribution in [0.2, 0.25) is 5.02 Å². The van der Waals surface area contributed by atoms with Crippen LogP contribution in [-0.2, 0) is 6.54 Å². The second-order valence-electron chi connectivity index (χ2n) is 5.53. The zero-order chi connectivity index (χ0) is 15.5. The Morgan fingerprint density at radius 1 is 1.32 bits per heavy atom. The molecule has 22 heavy (non-hydrogen) atoms. The highest BCUT2D eigenvalue weighted by molar-refractivity contribution is 6.33. The average molecular weight is 320 g/mol. The first kappa shape index (κ1) is 15.1. The van der Waals surface area contributed by atoms with Gasteiger partial charge in [-0.15, -0.1) is 0 Å². The quantitative estimate of drug-likeness (QED) is 0.939. The Bertz CT molecular complexity index is 702. The number of benzene rings is 1. The van der Waals surface area contributed by atoms with Crippen molar-refractivity contribution >= 4 is 17.3 Å². The molecule has 0 bridgehead atoms. The minimum atomic E-state index is -0.378. The van der Waals surface area contributed by atoms with Gasteiger partial charge in [0.25, 0.3) is 5.56 Å².